The van der Waals surface area contributed by atoms with Crippen molar-refractivity contribution in [2.45, 2.75) is 0 Å². The monoisotopic (exact) mass is 271 g/mol. The number of fused-ring (bicyclic) bond motifs is 1. The van der Waals surface area contributed by atoms with Crippen LogP contribution < -0.4 is 0 Å². The Morgan fingerprint density at radius 1 is 0.476 bits per heavy atom. The third kappa shape index (κ3) is 3.40. The van der Waals surface area contributed by atoms with Crippen molar-refractivity contribution in [2.24, 2.45) is 0 Å². The molecule has 4 aromatic rings. The van der Waals surface area contributed by atoms with Gasteiger partial charge in [-0.15, -0.1) is 0 Å². The number of para-hydroxylation sites is 1. The number of H-pyrrole nitrogens is 1. The van der Waals surface area contributed by atoms with E-state index >= 15 is 0 Å². The summed E-state index contributed by atoms with van der Waals surface area (Å²) in [6.07, 6.45) is 1.95. The van der Waals surface area contributed by atoms with Gasteiger partial charge in [-0.25, -0.2) is 0 Å². The maximum atomic E-state index is 3.12. The van der Waals surface area contributed by atoms with Gasteiger partial charge in [-0.2, -0.15) is 0 Å². The lowest BCUT2D eigenvalue weighted by Gasteiger charge is -1.98. The van der Waals surface area contributed by atoms with Crippen molar-refractivity contribution in [3.63, 3.8) is 0 Å². The molecule has 1 aromatic heterocycles. The number of hydrogen-bond donors (Lipinski definition) is 1. The third-order valence-electron chi connectivity index (χ3n) is 3.34. The van der Waals surface area contributed by atoms with Gasteiger partial charge in [0.05, 0.1) is 0 Å². The van der Waals surface area contributed by atoms with E-state index in [0.717, 1.165) is 0 Å². The van der Waals surface area contributed by atoms with Crippen molar-refractivity contribution in [3.8, 4) is 11.1 Å². The molecule has 1 N–H and O–H groups in total. The van der Waals surface area contributed by atoms with Crippen LogP contribution in [0.15, 0.2) is 97.2 Å². The molecule has 21 heavy (non-hydrogen) atoms. The van der Waals surface area contributed by atoms with E-state index in [1.54, 1.807) is 0 Å². The molecule has 0 saturated carbocycles. The Labute approximate surface area is 124 Å². The molecule has 0 spiro atoms. The zero-order valence-corrected chi connectivity index (χ0v) is 11.7. The van der Waals surface area contributed by atoms with E-state index in [-0.39, 0.29) is 0 Å². The van der Waals surface area contributed by atoms with Crippen LogP contribution in [-0.2, 0) is 0 Å². The van der Waals surface area contributed by atoms with Gasteiger partial charge in [0.2, 0.25) is 0 Å². The van der Waals surface area contributed by atoms with Gasteiger partial charge in [-0.3, -0.25) is 0 Å². The maximum Gasteiger partial charge on any atom is 0.0453 e. The zero-order chi connectivity index (χ0) is 14.3. The molecule has 1 nitrogen and oxygen atoms in total. The molecule has 0 radical (unpaired) electrons. The highest BCUT2D eigenvalue weighted by Crippen LogP contribution is 2.17. The Morgan fingerprint density at radius 3 is 1.57 bits per heavy atom. The average molecular weight is 271 g/mol. The largest absolute Gasteiger partial charge is 0.361 e. The fourth-order valence-corrected chi connectivity index (χ4v) is 2.26. The minimum absolute atomic E-state index is 1.21. The predicted octanol–water partition coefficient (Wildman–Crippen LogP) is 5.52. The van der Waals surface area contributed by atoms with Crippen molar-refractivity contribution in [3.05, 3.63) is 97.2 Å². The minimum atomic E-state index is 1.21. The van der Waals surface area contributed by atoms with E-state index in [1.165, 1.54) is 22.0 Å². The first-order valence-electron chi connectivity index (χ1n) is 7.06. The number of aromatic amines is 1. The van der Waals surface area contributed by atoms with E-state index in [0.29, 0.717) is 0 Å². The molecule has 0 bridgehead atoms. The number of hydrogen-bond acceptors (Lipinski definition) is 0. The minimum Gasteiger partial charge on any atom is -0.361 e. The van der Waals surface area contributed by atoms with Crippen LogP contribution in [-0.4, -0.2) is 4.98 Å². The van der Waals surface area contributed by atoms with Crippen LogP contribution in [0.4, 0.5) is 0 Å². The average Bonchev–Trinajstić information content (AvgIpc) is 3.06. The summed E-state index contributed by atoms with van der Waals surface area (Å²) in [7, 11) is 0. The van der Waals surface area contributed by atoms with Gasteiger partial charge in [0.1, 0.15) is 0 Å². The topological polar surface area (TPSA) is 15.8 Å². The molecule has 0 fully saturated rings. The molecular formula is C20H17N. The Kier molecular flexibility index (Phi) is 4.13. The van der Waals surface area contributed by atoms with Crippen LogP contribution in [0.1, 0.15) is 0 Å². The summed E-state index contributed by atoms with van der Waals surface area (Å²) in [6.45, 7) is 0. The number of nitrogens with one attached hydrogen (secondary N) is 1. The van der Waals surface area contributed by atoms with Crippen molar-refractivity contribution in [1.82, 2.24) is 4.98 Å². The first-order chi connectivity index (χ1) is 10.4. The maximum absolute atomic E-state index is 3.12. The molecular weight excluding hydrogens is 254 g/mol. The second-order valence-corrected chi connectivity index (χ2v) is 4.80. The molecule has 0 atom stereocenters. The lowest BCUT2D eigenvalue weighted by Crippen LogP contribution is -1.73. The highest BCUT2D eigenvalue weighted by atomic mass is 14.6. The van der Waals surface area contributed by atoms with Crippen LogP contribution >= 0.6 is 0 Å². The lowest BCUT2D eigenvalue weighted by atomic mass is 10.1. The Bertz CT molecular complexity index is 718. The second-order valence-electron chi connectivity index (χ2n) is 4.80. The fraction of sp³-hybridized carbons (Fsp3) is 0. The van der Waals surface area contributed by atoms with Crippen molar-refractivity contribution in [1.29, 1.82) is 0 Å². The molecule has 1 heteroatoms. The molecule has 0 aliphatic carbocycles. The van der Waals surface area contributed by atoms with Gasteiger partial charge in [0.15, 0.2) is 0 Å². The van der Waals surface area contributed by atoms with Gasteiger partial charge < -0.3 is 4.98 Å². The molecule has 1 heterocycles. The van der Waals surface area contributed by atoms with E-state index in [1.807, 2.05) is 30.5 Å². The molecule has 0 aliphatic heterocycles. The Hall–Kier alpha value is -2.80. The van der Waals surface area contributed by atoms with Crippen LogP contribution in [0.5, 0.6) is 0 Å². The highest BCUT2D eigenvalue weighted by Gasteiger charge is 1.91. The van der Waals surface area contributed by atoms with Crippen LogP contribution in [0, 0.1) is 0 Å². The quantitative estimate of drug-likeness (QED) is 0.469. The van der Waals surface area contributed by atoms with Crippen molar-refractivity contribution < 1.29 is 0 Å². The normalized spacial score (nSPS) is 9.90. The Balaban J connectivity index is 0.000000131. The molecule has 0 unspecified atom stereocenters. The summed E-state index contributed by atoms with van der Waals surface area (Å²) in [5.41, 5.74) is 3.76. The number of rotatable bonds is 1. The highest BCUT2D eigenvalue weighted by molar-refractivity contribution is 5.78. The van der Waals surface area contributed by atoms with Gasteiger partial charge >= 0.3 is 0 Å². The van der Waals surface area contributed by atoms with Gasteiger partial charge in [-0.05, 0) is 28.6 Å². The van der Waals surface area contributed by atoms with Gasteiger partial charge in [0, 0.05) is 11.7 Å². The van der Waals surface area contributed by atoms with Crippen molar-refractivity contribution in [2.75, 3.05) is 0 Å². The molecule has 4 rings (SSSR count). The predicted molar refractivity (Wildman–Crippen MR) is 90.2 cm³/mol. The van der Waals surface area contributed by atoms with E-state index in [4.69, 9.17) is 0 Å². The molecule has 3 aromatic carbocycles. The SMILES string of the molecule is c1ccc(-c2ccccc2)cc1.c1ccc2[nH]ccc2c1. The van der Waals surface area contributed by atoms with E-state index < -0.39 is 0 Å². The van der Waals surface area contributed by atoms with Crippen LogP contribution in [0.2, 0.25) is 0 Å². The summed E-state index contributed by atoms with van der Waals surface area (Å²) in [5, 5.41) is 1.28. The second kappa shape index (κ2) is 6.58. The lowest BCUT2D eigenvalue weighted by molar-refractivity contribution is 1.48. The van der Waals surface area contributed by atoms with Crippen LogP contribution in [0.25, 0.3) is 22.0 Å². The first-order valence-corrected chi connectivity index (χ1v) is 7.06. The third-order valence-corrected chi connectivity index (χ3v) is 3.34. The van der Waals surface area contributed by atoms with Gasteiger partial charge in [-0.1, -0.05) is 78.9 Å². The van der Waals surface area contributed by atoms with E-state index in [9.17, 15) is 0 Å². The van der Waals surface area contributed by atoms with Crippen molar-refractivity contribution >= 4 is 10.9 Å². The molecule has 0 amide bonds. The summed E-state index contributed by atoms with van der Waals surface area (Å²) < 4.78 is 0. The Morgan fingerprint density at radius 2 is 1.00 bits per heavy atom. The summed E-state index contributed by atoms with van der Waals surface area (Å²) in [4.78, 5) is 3.12. The fourth-order valence-electron chi connectivity index (χ4n) is 2.26. The van der Waals surface area contributed by atoms with Crippen LogP contribution in [0.3, 0.4) is 0 Å². The smallest absolute Gasteiger partial charge is 0.0453 e. The van der Waals surface area contributed by atoms with Gasteiger partial charge in [0.25, 0.3) is 0 Å². The standard InChI is InChI=1S/C12H10.C8H7N/c1-3-7-11(8-4-1)12-9-5-2-6-10-12;1-2-4-8-7(3-1)5-6-9-8/h1-10H;1-6,9H. The summed E-state index contributed by atoms with van der Waals surface area (Å²) in [6, 6.07) is 31.1. The molecule has 0 saturated heterocycles. The number of benzene rings is 3. The first kappa shape index (κ1) is 13.2. The molecule has 102 valence electrons. The summed E-state index contributed by atoms with van der Waals surface area (Å²) >= 11 is 0. The number of aromatic nitrogens is 1. The molecule has 0 aliphatic rings. The van der Waals surface area contributed by atoms with E-state index in [2.05, 4.69) is 71.7 Å². The zero-order valence-electron chi connectivity index (χ0n) is 11.7. The summed E-state index contributed by atoms with van der Waals surface area (Å²) in [5.74, 6) is 0.